The van der Waals surface area contributed by atoms with Crippen molar-refractivity contribution in [2.45, 2.75) is 45.7 Å². The smallest absolute Gasteiger partial charge is 0.243 e. The van der Waals surface area contributed by atoms with Gasteiger partial charge in [-0.1, -0.05) is 12.1 Å². The third kappa shape index (κ3) is 3.75. The number of anilines is 1. The van der Waals surface area contributed by atoms with Gasteiger partial charge in [0.25, 0.3) is 0 Å². The van der Waals surface area contributed by atoms with E-state index in [0.29, 0.717) is 5.69 Å². The Morgan fingerprint density at radius 2 is 1.95 bits per heavy atom. The first-order valence-electron chi connectivity index (χ1n) is 7.07. The van der Waals surface area contributed by atoms with Crippen molar-refractivity contribution in [1.82, 2.24) is 5.32 Å². The second-order valence-corrected chi connectivity index (χ2v) is 7.67. The standard InChI is InChI=1S/C15H22N2O3S/c1-10-5-6-11(2)14(9-10)17(21(4,19)20)12(3)15(18)16-13-7-8-13/h5-6,9,12-13H,7-8H2,1-4H3,(H,16,18). The van der Waals surface area contributed by atoms with Crippen LogP contribution in [0.4, 0.5) is 5.69 Å². The summed E-state index contributed by atoms with van der Waals surface area (Å²) in [4.78, 5) is 12.2. The van der Waals surface area contributed by atoms with Crippen LogP contribution in [0.15, 0.2) is 18.2 Å². The van der Waals surface area contributed by atoms with Crippen molar-refractivity contribution in [1.29, 1.82) is 0 Å². The lowest BCUT2D eigenvalue weighted by Crippen LogP contribution is -2.48. The summed E-state index contributed by atoms with van der Waals surface area (Å²) in [6.45, 7) is 5.37. The van der Waals surface area contributed by atoms with Crippen LogP contribution in [-0.4, -0.2) is 32.7 Å². The number of sulfonamides is 1. The molecule has 1 aromatic carbocycles. The summed E-state index contributed by atoms with van der Waals surface area (Å²) in [6, 6.07) is 5.04. The summed E-state index contributed by atoms with van der Waals surface area (Å²) in [5.41, 5.74) is 2.35. The fraction of sp³-hybridized carbons (Fsp3) is 0.533. The van der Waals surface area contributed by atoms with Crippen molar-refractivity contribution in [3.8, 4) is 0 Å². The maximum Gasteiger partial charge on any atom is 0.243 e. The van der Waals surface area contributed by atoms with E-state index in [9.17, 15) is 13.2 Å². The van der Waals surface area contributed by atoms with Crippen molar-refractivity contribution in [2.75, 3.05) is 10.6 Å². The van der Waals surface area contributed by atoms with Gasteiger partial charge >= 0.3 is 0 Å². The zero-order chi connectivity index (χ0) is 15.8. The SMILES string of the molecule is Cc1ccc(C)c(N(C(C)C(=O)NC2CC2)S(C)(=O)=O)c1. The summed E-state index contributed by atoms with van der Waals surface area (Å²) < 4.78 is 25.6. The molecule has 0 aromatic heterocycles. The first-order chi connectivity index (χ1) is 9.70. The first-order valence-corrected chi connectivity index (χ1v) is 8.92. The molecule has 1 unspecified atom stereocenters. The zero-order valence-corrected chi connectivity index (χ0v) is 13.7. The molecule has 0 spiro atoms. The van der Waals surface area contributed by atoms with Crippen molar-refractivity contribution in [3.05, 3.63) is 29.3 Å². The third-order valence-electron chi connectivity index (χ3n) is 3.61. The molecule has 0 radical (unpaired) electrons. The third-order valence-corrected chi connectivity index (χ3v) is 4.84. The van der Waals surface area contributed by atoms with Crippen LogP contribution in [0.3, 0.4) is 0 Å². The van der Waals surface area contributed by atoms with Gasteiger partial charge in [0.2, 0.25) is 15.9 Å². The molecule has 1 saturated carbocycles. The van der Waals surface area contributed by atoms with Crippen LogP contribution in [0.2, 0.25) is 0 Å². The highest BCUT2D eigenvalue weighted by Crippen LogP contribution is 2.27. The molecule has 6 heteroatoms. The Labute approximate surface area is 126 Å². The van der Waals surface area contributed by atoms with Crippen LogP contribution >= 0.6 is 0 Å². The summed E-state index contributed by atoms with van der Waals surface area (Å²) >= 11 is 0. The molecule has 2 rings (SSSR count). The molecule has 5 nitrogen and oxygen atoms in total. The van der Waals surface area contributed by atoms with E-state index in [4.69, 9.17) is 0 Å². The van der Waals surface area contributed by atoms with Gasteiger partial charge in [0, 0.05) is 6.04 Å². The van der Waals surface area contributed by atoms with E-state index in [-0.39, 0.29) is 11.9 Å². The Morgan fingerprint density at radius 3 is 2.48 bits per heavy atom. The normalized spacial score (nSPS) is 16.4. The van der Waals surface area contributed by atoms with Gasteiger partial charge in [-0.3, -0.25) is 9.10 Å². The van der Waals surface area contributed by atoms with Crippen molar-refractivity contribution >= 4 is 21.6 Å². The largest absolute Gasteiger partial charge is 0.352 e. The second kappa shape index (κ2) is 5.67. The molecule has 1 atom stereocenters. The fourth-order valence-corrected chi connectivity index (χ4v) is 3.51. The highest BCUT2D eigenvalue weighted by molar-refractivity contribution is 7.92. The van der Waals surface area contributed by atoms with E-state index < -0.39 is 16.1 Å². The van der Waals surface area contributed by atoms with E-state index >= 15 is 0 Å². The molecule has 0 aliphatic heterocycles. The molecule has 1 aliphatic rings. The highest BCUT2D eigenvalue weighted by Gasteiger charge is 2.33. The Bertz CT molecular complexity index is 651. The van der Waals surface area contributed by atoms with E-state index in [0.717, 1.165) is 30.2 Å². The Kier molecular flexibility index (Phi) is 4.27. The summed E-state index contributed by atoms with van der Waals surface area (Å²) in [5, 5.41) is 2.86. The molecular weight excluding hydrogens is 288 g/mol. The molecule has 1 aliphatic carbocycles. The van der Waals surface area contributed by atoms with Crippen LogP contribution in [0, 0.1) is 13.8 Å². The number of carbonyl (C=O) groups excluding carboxylic acids is 1. The maximum atomic E-state index is 12.2. The average molecular weight is 310 g/mol. The average Bonchev–Trinajstić information content (AvgIpc) is 3.16. The van der Waals surface area contributed by atoms with E-state index in [2.05, 4.69) is 5.32 Å². The first kappa shape index (κ1) is 15.8. The minimum absolute atomic E-state index is 0.208. The number of benzene rings is 1. The van der Waals surface area contributed by atoms with E-state index in [1.807, 2.05) is 26.0 Å². The lowest BCUT2D eigenvalue weighted by Gasteiger charge is -2.29. The number of nitrogens with one attached hydrogen (secondary N) is 1. The molecule has 0 heterocycles. The lowest BCUT2D eigenvalue weighted by atomic mass is 10.1. The summed E-state index contributed by atoms with van der Waals surface area (Å²) in [6.07, 6.45) is 3.08. The molecule has 0 saturated heterocycles. The molecule has 116 valence electrons. The molecule has 1 aromatic rings. The van der Waals surface area contributed by atoms with Gasteiger partial charge in [-0.05, 0) is 50.8 Å². The Hall–Kier alpha value is -1.56. The lowest BCUT2D eigenvalue weighted by molar-refractivity contribution is -0.121. The second-order valence-electron chi connectivity index (χ2n) is 5.81. The number of amides is 1. The predicted molar refractivity (Wildman–Crippen MR) is 83.9 cm³/mol. The van der Waals surface area contributed by atoms with Crippen LogP contribution in [0.5, 0.6) is 0 Å². The Morgan fingerprint density at radius 1 is 1.33 bits per heavy atom. The molecule has 21 heavy (non-hydrogen) atoms. The van der Waals surface area contributed by atoms with Gasteiger partial charge in [-0.2, -0.15) is 0 Å². The molecular formula is C15H22N2O3S. The Balaban J connectivity index is 2.38. The van der Waals surface area contributed by atoms with E-state index in [1.165, 1.54) is 4.31 Å². The minimum Gasteiger partial charge on any atom is -0.352 e. The van der Waals surface area contributed by atoms with E-state index in [1.54, 1.807) is 13.0 Å². The quantitative estimate of drug-likeness (QED) is 0.901. The van der Waals surface area contributed by atoms with Gasteiger partial charge in [0.15, 0.2) is 0 Å². The zero-order valence-electron chi connectivity index (χ0n) is 12.9. The topological polar surface area (TPSA) is 66.5 Å². The molecule has 1 N–H and O–H groups in total. The molecule has 0 bridgehead atoms. The number of rotatable bonds is 5. The van der Waals surface area contributed by atoms with Gasteiger partial charge in [-0.15, -0.1) is 0 Å². The number of carbonyl (C=O) groups is 1. The van der Waals surface area contributed by atoms with Crippen molar-refractivity contribution in [3.63, 3.8) is 0 Å². The summed E-state index contributed by atoms with van der Waals surface area (Å²) in [5.74, 6) is -0.246. The fourth-order valence-electron chi connectivity index (χ4n) is 2.29. The van der Waals surface area contributed by atoms with Crippen LogP contribution in [0.25, 0.3) is 0 Å². The molecule has 1 amide bonds. The molecule has 1 fully saturated rings. The highest BCUT2D eigenvalue weighted by atomic mass is 32.2. The van der Waals surface area contributed by atoms with Gasteiger partial charge < -0.3 is 5.32 Å². The van der Waals surface area contributed by atoms with Crippen LogP contribution in [-0.2, 0) is 14.8 Å². The van der Waals surface area contributed by atoms with Gasteiger partial charge in [0.1, 0.15) is 6.04 Å². The van der Waals surface area contributed by atoms with Gasteiger partial charge in [0.05, 0.1) is 11.9 Å². The van der Waals surface area contributed by atoms with Crippen LogP contribution < -0.4 is 9.62 Å². The minimum atomic E-state index is -3.54. The summed E-state index contributed by atoms with van der Waals surface area (Å²) in [7, 11) is -3.54. The number of nitrogens with zero attached hydrogens (tertiary/aromatic N) is 1. The van der Waals surface area contributed by atoms with Gasteiger partial charge in [-0.25, -0.2) is 8.42 Å². The van der Waals surface area contributed by atoms with Crippen molar-refractivity contribution < 1.29 is 13.2 Å². The number of hydrogen-bond donors (Lipinski definition) is 1. The monoisotopic (exact) mass is 310 g/mol. The van der Waals surface area contributed by atoms with Crippen LogP contribution in [0.1, 0.15) is 30.9 Å². The number of hydrogen-bond acceptors (Lipinski definition) is 3. The number of aryl methyl sites for hydroxylation is 2. The maximum absolute atomic E-state index is 12.2. The predicted octanol–water partition coefficient (Wildman–Crippen LogP) is 1.74. The van der Waals surface area contributed by atoms with Crippen molar-refractivity contribution in [2.24, 2.45) is 0 Å².